The maximum Gasteiger partial charge on any atom is 0.324 e. The molecular formula is C47H81Cl2N9O5. The van der Waals surface area contributed by atoms with E-state index < -0.39 is 5.97 Å². The molecule has 0 spiro atoms. The van der Waals surface area contributed by atoms with E-state index in [2.05, 4.69) is 49.4 Å². The molecule has 4 amide bonds. The topological polar surface area (TPSA) is 177 Å². The average Bonchev–Trinajstić information content (AvgIpc) is 3.26. The SMILES string of the molecule is C.C.CN1CCC[C@H](C(=O)N(C(=O)NC2CCCCC2)C2CCCCC2)C1.CN1CCC[C@H](C(=O)Nc2cccnc2)C1.CN1CCC[C@H](C(=O)O)C1.ClCCl.Nc1cccnc1. The monoisotopic (exact) mass is 922 g/mol. The number of likely N-dealkylation sites (tertiary alicyclic amines) is 3. The van der Waals surface area contributed by atoms with Crippen LogP contribution < -0.4 is 16.4 Å². The fourth-order valence-corrected chi connectivity index (χ4v) is 8.65. The van der Waals surface area contributed by atoms with Gasteiger partial charge in [-0.05, 0) is 129 Å². The summed E-state index contributed by atoms with van der Waals surface area (Å²) in [7, 11) is 6.10. The Bertz CT molecular complexity index is 1540. The maximum absolute atomic E-state index is 13.3. The van der Waals surface area contributed by atoms with Crippen molar-refractivity contribution in [3.63, 3.8) is 0 Å². The summed E-state index contributed by atoms with van der Waals surface area (Å²) in [6, 6.07) is 7.53. The second-order valence-corrected chi connectivity index (χ2v) is 17.9. The van der Waals surface area contributed by atoms with Gasteiger partial charge in [-0.3, -0.25) is 29.3 Å². The number of hydrogen-bond donors (Lipinski definition) is 4. The number of anilines is 2. The minimum Gasteiger partial charge on any atom is -0.481 e. The number of nitrogens with zero attached hydrogens (tertiary/aromatic N) is 6. The number of imide groups is 1. The van der Waals surface area contributed by atoms with Crippen molar-refractivity contribution < 1.29 is 24.3 Å². The van der Waals surface area contributed by atoms with Crippen molar-refractivity contribution in [2.45, 2.75) is 130 Å². The molecule has 2 aromatic heterocycles. The summed E-state index contributed by atoms with van der Waals surface area (Å²) < 4.78 is 0. The van der Waals surface area contributed by atoms with Crippen LogP contribution in [0.15, 0.2) is 49.1 Å². The predicted octanol–water partition coefficient (Wildman–Crippen LogP) is 8.66. The Balaban J connectivity index is 0.000000447. The van der Waals surface area contributed by atoms with E-state index in [0.717, 1.165) is 122 Å². The Kier molecular flexibility index (Phi) is 30.1. The third-order valence-electron chi connectivity index (χ3n) is 11.9. The van der Waals surface area contributed by atoms with E-state index in [-0.39, 0.29) is 67.9 Å². The van der Waals surface area contributed by atoms with Gasteiger partial charge in [-0.2, -0.15) is 0 Å². The van der Waals surface area contributed by atoms with Gasteiger partial charge >= 0.3 is 12.0 Å². The highest BCUT2D eigenvalue weighted by Crippen LogP contribution is 2.27. The van der Waals surface area contributed by atoms with E-state index in [4.69, 9.17) is 34.0 Å². The van der Waals surface area contributed by atoms with E-state index >= 15 is 0 Å². The first-order valence-electron chi connectivity index (χ1n) is 22.3. The minimum atomic E-state index is -0.647. The maximum atomic E-state index is 13.3. The second-order valence-electron chi connectivity index (χ2n) is 17.0. The second kappa shape index (κ2) is 33.0. The number of nitrogens with one attached hydrogen (secondary N) is 2. The lowest BCUT2D eigenvalue weighted by Gasteiger charge is -2.38. The highest BCUT2D eigenvalue weighted by atomic mass is 35.5. The number of carbonyl (C=O) groups is 4. The molecule has 5 aliphatic rings. The molecule has 7 rings (SSSR count). The molecule has 16 heteroatoms. The molecule has 2 aromatic rings. The van der Waals surface area contributed by atoms with Crippen LogP contribution in [0.1, 0.15) is 118 Å². The van der Waals surface area contributed by atoms with Crippen LogP contribution in [-0.2, 0) is 14.4 Å². The number of amides is 4. The van der Waals surface area contributed by atoms with Crippen LogP contribution in [-0.4, -0.2) is 136 Å². The van der Waals surface area contributed by atoms with Crippen LogP contribution in [0.2, 0.25) is 0 Å². The van der Waals surface area contributed by atoms with Crippen LogP contribution in [0.3, 0.4) is 0 Å². The number of halogens is 2. The molecule has 0 bridgehead atoms. The van der Waals surface area contributed by atoms with Gasteiger partial charge in [-0.15, -0.1) is 23.2 Å². The zero-order chi connectivity index (χ0) is 44.4. The molecule has 5 heterocycles. The van der Waals surface area contributed by atoms with Crippen LogP contribution in [0.4, 0.5) is 16.2 Å². The zero-order valence-corrected chi connectivity index (χ0v) is 38.4. The first kappa shape index (κ1) is 57.5. The van der Waals surface area contributed by atoms with Gasteiger partial charge in [0, 0.05) is 50.3 Å². The van der Waals surface area contributed by atoms with Crippen LogP contribution in [0.5, 0.6) is 0 Å². The molecule has 3 aliphatic heterocycles. The molecule has 3 saturated heterocycles. The lowest BCUT2D eigenvalue weighted by Crippen LogP contribution is -2.56. The van der Waals surface area contributed by atoms with E-state index in [1.54, 1.807) is 41.8 Å². The number of piperidine rings is 3. The molecule has 5 fully saturated rings. The lowest BCUT2D eigenvalue weighted by atomic mass is 9.91. The Morgan fingerprint density at radius 1 is 0.698 bits per heavy atom. The summed E-state index contributed by atoms with van der Waals surface area (Å²) >= 11 is 9.53. The quantitative estimate of drug-likeness (QED) is 0.204. The lowest BCUT2D eigenvalue weighted by molar-refractivity contribution is -0.143. The Morgan fingerprint density at radius 2 is 1.17 bits per heavy atom. The van der Waals surface area contributed by atoms with Crippen molar-refractivity contribution >= 4 is 58.4 Å². The number of aliphatic carboxylic acids is 1. The number of alkyl halides is 2. The standard InChI is InChI=1S/C20H35N3O2.C12H17N3O.C7H13NO2.C5H6N2.CH2Cl2.2CH4/c1-22-14-8-9-16(15-22)19(24)23(18-12-6-3-7-13-18)20(25)21-17-10-4-2-5-11-17;1-15-7-3-4-10(9-15)12(16)14-11-5-2-6-13-8-11;1-8-4-2-3-6(5-8)7(9)10;6-5-2-1-3-7-4-5;2-1-3;;/h16-18H,2-15H2,1H3,(H,21,25);2,5-6,8,10H,3-4,7,9H2,1H3,(H,14,16);6H,2-5H2,1H3,(H,9,10);1-4H,6H2;1H2;2*1H4/t16-;10-;6-;;;;/m000..../s1. The smallest absolute Gasteiger partial charge is 0.324 e. The third-order valence-corrected chi connectivity index (χ3v) is 11.9. The largest absolute Gasteiger partial charge is 0.481 e. The fraction of sp³-hybridized carbons (Fsp3) is 0.702. The van der Waals surface area contributed by atoms with Crippen molar-refractivity contribution in [1.82, 2.24) is 34.9 Å². The molecule has 358 valence electrons. The summed E-state index contributed by atoms with van der Waals surface area (Å²) in [5.41, 5.74) is 6.78. The van der Waals surface area contributed by atoms with Gasteiger partial charge in [0.15, 0.2) is 0 Å². The summed E-state index contributed by atoms with van der Waals surface area (Å²) in [5, 5.41) is 14.9. The Labute approximate surface area is 389 Å². The van der Waals surface area contributed by atoms with Gasteiger partial charge in [-0.1, -0.05) is 53.4 Å². The number of pyridine rings is 2. The first-order chi connectivity index (χ1) is 29.4. The average molecular weight is 923 g/mol. The van der Waals surface area contributed by atoms with Crippen molar-refractivity contribution in [3.05, 3.63) is 49.1 Å². The molecule has 0 unspecified atom stereocenters. The van der Waals surface area contributed by atoms with E-state index in [1.807, 2.05) is 19.2 Å². The molecule has 3 atom stereocenters. The number of nitrogens with two attached hydrogens (primary N) is 1. The number of urea groups is 1. The molecule has 5 N–H and O–H groups in total. The molecule has 63 heavy (non-hydrogen) atoms. The van der Waals surface area contributed by atoms with E-state index in [1.165, 1.54) is 25.7 Å². The molecule has 0 aromatic carbocycles. The van der Waals surface area contributed by atoms with Crippen molar-refractivity contribution in [2.24, 2.45) is 17.8 Å². The summed E-state index contributed by atoms with van der Waals surface area (Å²) in [4.78, 5) is 64.6. The summed E-state index contributed by atoms with van der Waals surface area (Å²) in [5.74, 6) is -0.492. The number of aromatic nitrogens is 2. The highest BCUT2D eigenvalue weighted by molar-refractivity contribution is 6.40. The normalized spacial score (nSPS) is 22.0. The first-order valence-corrected chi connectivity index (χ1v) is 23.4. The molecule has 2 aliphatic carbocycles. The van der Waals surface area contributed by atoms with Gasteiger partial charge in [0.25, 0.3) is 0 Å². The van der Waals surface area contributed by atoms with Gasteiger partial charge < -0.3 is 36.2 Å². The van der Waals surface area contributed by atoms with E-state index in [0.29, 0.717) is 5.69 Å². The van der Waals surface area contributed by atoms with Gasteiger partial charge in [0.1, 0.15) is 0 Å². The molecule has 0 radical (unpaired) electrons. The van der Waals surface area contributed by atoms with Crippen molar-refractivity contribution in [1.29, 1.82) is 0 Å². The number of rotatable bonds is 6. The van der Waals surface area contributed by atoms with Gasteiger partial charge in [0.05, 0.1) is 40.7 Å². The summed E-state index contributed by atoms with van der Waals surface area (Å²) in [6.07, 6.45) is 23.8. The number of carbonyl (C=O) groups excluding carboxylic acids is 3. The van der Waals surface area contributed by atoms with Crippen LogP contribution in [0.25, 0.3) is 0 Å². The van der Waals surface area contributed by atoms with Crippen molar-refractivity contribution in [3.8, 4) is 0 Å². The van der Waals surface area contributed by atoms with Crippen LogP contribution >= 0.6 is 23.2 Å². The Morgan fingerprint density at radius 3 is 1.62 bits per heavy atom. The number of carboxylic acids is 1. The molecular weight excluding hydrogens is 841 g/mol. The molecule has 2 saturated carbocycles. The van der Waals surface area contributed by atoms with Gasteiger partial charge in [0.2, 0.25) is 11.8 Å². The minimum absolute atomic E-state index is 0. The van der Waals surface area contributed by atoms with Crippen LogP contribution in [0, 0.1) is 17.8 Å². The van der Waals surface area contributed by atoms with E-state index in [9.17, 15) is 19.2 Å². The number of nitrogen functional groups attached to an aromatic ring is 1. The van der Waals surface area contributed by atoms with Crippen molar-refractivity contribution in [2.75, 3.05) is 76.8 Å². The number of hydrogen-bond acceptors (Lipinski definition) is 10. The highest BCUT2D eigenvalue weighted by Gasteiger charge is 2.37. The molecule has 14 nitrogen and oxygen atoms in total. The third kappa shape index (κ3) is 22.8. The van der Waals surface area contributed by atoms with Gasteiger partial charge in [-0.25, -0.2) is 4.79 Å². The fourth-order valence-electron chi connectivity index (χ4n) is 8.65. The Hall–Kier alpha value is -3.56. The zero-order valence-electron chi connectivity index (χ0n) is 36.9. The predicted molar refractivity (Wildman–Crippen MR) is 259 cm³/mol. The number of carboxylic acid groups (broad SMARTS) is 1. The summed E-state index contributed by atoms with van der Waals surface area (Å²) in [6.45, 7) is 5.56.